The first-order valence-corrected chi connectivity index (χ1v) is 10.6. The monoisotopic (exact) mass is 349 g/mol. The Labute approximate surface area is 143 Å². The van der Waals surface area contributed by atoms with E-state index in [1.54, 1.807) is 27.8 Å². The van der Waals surface area contributed by atoms with Gasteiger partial charge in [-0.15, -0.1) is 11.3 Å². The van der Waals surface area contributed by atoms with Crippen LogP contribution in [0.1, 0.15) is 49.1 Å². The third-order valence-corrected chi connectivity index (χ3v) is 7.41. The van der Waals surface area contributed by atoms with E-state index in [1.165, 1.54) is 0 Å². The molecule has 2 heterocycles. The molecule has 0 bridgehead atoms. The second kappa shape index (κ2) is 7.16. The predicted molar refractivity (Wildman–Crippen MR) is 95.2 cm³/mol. The lowest BCUT2D eigenvalue weighted by Gasteiger charge is -2.28. The number of thiophene rings is 1. The van der Waals surface area contributed by atoms with Crippen LogP contribution in [0.3, 0.4) is 0 Å². The van der Waals surface area contributed by atoms with Gasteiger partial charge in [-0.3, -0.25) is 0 Å². The van der Waals surface area contributed by atoms with E-state index in [0.717, 1.165) is 42.5 Å². The van der Waals surface area contributed by atoms with E-state index in [-0.39, 0.29) is 6.04 Å². The minimum atomic E-state index is -3.45. The maximum absolute atomic E-state index is 13.2. The van der Waals surface area contributed by atoms with Gasteiger partial charge in [-0.2, -0.15) is 4.31 Å². The SMILES string of the molecule is CCc1ccc(S(=O)(=O)N2CCCCC[C@@H]2c2cccs2)cc1. The van der Waals surface area contributed by atoms with E-state index < -0.39 is 10.0 Å². The van der Waals surface area contributed by atoms with Crippen molar-refractivity contribution in [1.29, 1.82) is 0 Å². The molecule has 0 aliphatic carbocycles. The van der Waals surface area contributed by atoms with E-state index in [0.29, 0.717) is 11.4 Å². The highest BCUT2D eigenvalue weighted by Crippen LogP contribution is 2.36. The number of hydrogen-bond acceptors (Lipinski definition) is 3. The van der Waals surface area contributed by atoms with Crippen LogP contribution in [0, 0.1) is 0 Å². The summed E-state index contributed by atoms with van der Waals surface area (Å²) in [6, 6.07) is 11.4. The summed E-state index contributed by atoms with van der Waals surface area (Å²) in [6.07, 6.45) is 4.95. The minimum Gasteiger partial charge on any atom is -0.207 e. The smallest absolute Gasteiger partial charge is 0.207 e. The van der Waals surface area contributed by atoms with Gasteiger partial charge >= 0.3 is 0 Å². The molecule has 2 aromatic rings. The first-order chi connectivity index (χ1) is 11.1. The van der Waals surface area contributed by atoms with Gasteiger partial charge in [-0.25, -0.2) is 8.42 Å². The van der Waals surface area contributed by atoms with Crippen LogP contribution in [-0.2, 0) is 16.4 Å². The maximum atomic E-state index is 13.2. The Morgan fingerprint density at radius 3 is 2.57 bits per heavy atom. The van der Waals surface area contributed by atoms with E-state index in [2.05, 4.69) is 13.0 Å². The lowest BCUT2D eigenvalue weighted by molar-refractivity contribution is 0.333. The molecule has 0 amide bonds. The third-order valence-electron chi connectivity index (χ3n) is 4.51. The Kier molecular flexibility index (Phi) is 5.19. The van der Waals surface area contributed by atoms with Crippen molar-refractivity contribution < 1.29 is 8.42 Å². The van der Waals surface area contributed by atoms with Crippen molar-refractivity contribution in [1.82, 2.24) is 4.31 Å². The molecule has 1 aliphatic rings. The van der Waals surface area contributed by atoms with Crippen molar-refractivity contribution in [3.05, 3.63) is 52.2 Å². The van der Waals surface area contributed by atoms with Gasteiger partial charge in [0, 0.05) is 11.4 Å². The zero-order valence-electron chi connectivity index (χ0n) is 13.4. The van der Waals surface area contributed by atoms with Crippen LogP contribution in [0.4, 0.5) is 0 Å². The second-order valence-electron chi connectivity index (χ2n) is 5.99. The molecule has 1 aromatic heterocycles. The zero-order valence-corrected chi connectivity index (χ0v) is 15.1. The molecule has 0 spiro atoms. The fourth-order valence-corrected chi connectivity index (χ4v) is 5.78. The van der Waals surface area contributed by atoms with Crippen LogP contribution in [0.2, 0.25) is 0 Å². The Bertz CT molecular complexity index is 721. The molecule has 0 radical (unpaired) electrons. The number of benzene rings is 1. The van der Waals surface area contributed by atoms with E-state index in [4.69, 9.17) is 0 Å². The van der Waals surface area contributed by atoms with Crippen molar-refractivity contribution in [3.8, 4) is 0 Å². The summed E-state index contributed by atoms with van der Waals surface area (Å²) >= 11 is 1.65. The van der Waals surface area contributed by atoms with Gasteiger partial charge in [-0.05, 0) is 48.4 Å². The van der Waals surface area contributed by atoms with Gasteiger partial charge < -0.3 is 0 Å². The maximum Gasteiger partial charge on any atom is 0.243 e. The van der Waals surface area contributed by atoms with Crippen LogP contribution < -0.4 is 0 Å². The van der Waals surface area contributed by atoms with E-state index in [1.807, 2.05) is 23.6 Å². The van der Waals surface area contributed by atoms with Gasteiger partial charge in [0.15, 0.2) is 0 Å². The van der Waals surface area contributed by atoms with Crippen molar-refractivity contribution >= 4 is 21.4 Å². The molecule has 23 heavy (non-hydrogen) atoms. The predicted octanol–water partition coefficient (Wildman–Crippen LogP) is 4.62. The summed E-state index contributed by atoms with van der Waals surface area (Å²) in [5.41, 5.74) is 1.16. The van der Waals surface area contributed by atoms with Gasteiger partial charge in [0.25, 0.3) is 0 Å². The summed E-state index contributed by atoms with van der Waals surface area (Å²) in [5.74, 6) is 0. The lowest BCUT2D eigenvalue weighted by atomic mass is 10.1. The van der Waals surface area contributed by atoms with E-state index >= 15 is 0 Å². The van der Waals surface area contributed by atoms with Crippen molar-refractivity contribution in [3.63, 3.8) is 0 Å². The minimum absolute atomic E-state index is 0.0200. The molecule has 1 fully saturated rings. The molecule has 1 saturated heterocycles. The molecule has 0 N–H and O–H groups in total. The van der Waals surface area contributed by atoms with E-state index in [9.17, 15) is 8.42 Å². The Morgan fingerprint density at radius 1 is 1.13 bits per heavy atom. The van der Waals surface area contributed by atoms with Gasteiger partial charge in [0.05, 0.1) is 10.9 Å². The van der Waals surface area contributed by atoms with Crippen molar-refractivity contribution in [2.45, 2.75) is 50.0 Å². The van der Waals surface area contributed by atoms with Crippen LogP contribution in [0.15, 0.2) is 46.7 Å². The highest BCUT2D eigenvalue weighted by Gasteiger charge is 2.33. The molecule has 0 unspecified atom stereocenters. The molecule has 3 nitrogen and oxygen atoms in total. The normalized spacial score (nSPS) is 20.3. The molecular weight excluding hydrogens is 326 g/mol. The molecule has 124 valence electrons. The molecule has 5 heteroatoms. The summed E-state index contributed by atoms with van der Waals surface area (Å²) < 4.78 is 28.1. The Morgan fingerprint density at radius 2 is 1.91 bits per heavy atom. The molecule has 1 aromatic carbocycles. The summed E-state index contributed by atoms with van der Waals surface area (Å²) in [7, 11) is -3.45. The van der Waals surface area contributed by atoms with Gasteiger partial charge in [0.2, 0.25) is 10.0 Å². The highest BCUT2D eigenvalue weighted by atomic mass is 32.2. The zero-order chi connectivity index (χ0) is 16.3. The molecular formula is C18H23NO2S2. The highest BCUT2D eigenvalue weighted by molar-refractivity contribution is 7.89. The van der Waals surface area contributed by atoms with Gasteiger partial charge in [-0.1, -0.05) is 38.0 Å². The molecule has 1 aliphatic heterocycles. The van der Waals surface area contributed by atoms with Crippen LogP contribution in [0.25, 0.3) is 0 Å². The largest absolute Gasteiger partial charge is 0.243 e. The van der Waals surface area contributed by atoms with Crippen LogP contribution in [0.5, 0.6) is 0 Å². The number of rotatable bonds is 4. The summed E-state index contributed by atoms with van der Waals surface area (Å²) in [5, 5.41) is 2.03. The topological polar surface area (TPSA) is 37.4 Å². The quantitative estimate of drug-likeness (QED) is 0.808. The number of hydrogen-bond donors (Lipinski definition) is 0. The standard InChI is InChI=1S/C18H23NO2S2/c1-2-15-9-11-16(12-10-15)23(20,21)19-13-5-3-4-7-17(19)18-8-6-14-22-18/h6,8-12,14,17H,2-5,7,13H2,1H3/t17-/m1/s1. The van der Waals surface area contributed by atoms with Crippen LogP contribution >= 0.6 is 11.3 Å². The average molecular weight is 350 g/mol. The van der Waals surface area contributed by atoms with Crippen LogP contribution in [-0.4, -0.2) is 19.3 Å². The first kappa shape index (κ1) is 16.7. The molecule has 3 rings (SSSR count). The summed E-state index contributed by atoms with van der Waals surface area (Å²) in [4.78, 5) is 1.57. The number of sulfonamides is 1. The molecule has 0 saturated carbocycles. The summed E-state index contributed by atoms with van der Waals surface area (Å²) in [6.45, 7) is 2.69. The van der Waals surface area contributed by atoms with Crippen molar-refractivity contribution in [2.24, 2.45) is 0 Å². The lowest BCUT2D eigenvalue weighted by Crippen LogP contribution is -2.34. The number of nitrogens with zero attached hydrogens (tertiary/aromatic N) is 1. The Hall–Kier alpha value is -1.17. The fourth-order valence-electron chi connectivity index (χ4n) is 3.17. The number of aryl methyl sites for hydroxylation is 1. The second-order valence-corrected chi connectivity index (χ2v) is 8.86. The first-order valence-electron chi connectivity index (χ1n) is 8.27. The fraction of sp³-hybridized carbons (Fsp3) is 0.444. The van der Waals surface area contributed by atoms with Gasteiger partial charge in [0.1, 0.15) is 0 Å². The average Bonchev–Trinajstić information content (AvgIpc) is 2.98. The molecule has 1 atom stereocenters. The Balaban J connectivity index is 1.97. The van der Waals surface area contributed by atoms with Crippen molar-refractivity contribution in [2.75, 3.05) is 6.54 Å². The third kappa shape index (κ3) is 3.52.